The zero-order valence-electron chi connectivity index (χ0n) is 11.2. The number of alkyl halides is 1. The van der Waals surface area contributed by atoms with Crippen molar-refractivity contribution in [1.29, 1.82) is 0 Å². The van der Waals surface area contributed by atoms with E-state index in [-0.39, 0.29) is 16.0 Å². The van der Waals surface area contributed by atoms with Gasteiger partial charge < -0.3 is 5.32 Å². The van der Waals surface area contributed by atoms with Gasteiger partial charge in [-0.2, -0.15) is 0 Å². The second-order valence-electron chi connectivity index (χ2n) is 5.48. The Morgan fingerprint density at radius 2 is 2.00 bits per heavy atom. The highest BCUT2D eigenvalue weighted by atomic mass is 35.5. The molecule has 2 rings (SSSR count). The average Bonchev–Trinajstić information content (AvgIpc) is 2.48. The van der Waals surface area contributed by atoms with E-state index in [0.717, 1.165) is 25.7 Å². The molecule has 0 spiro atoms. The van der Waals surface area contributed by atoms with Crippen LogP contribution in [0.4, 0.5) is 4.39 Å². The summed E-state index contributed by atoms with van der Waals surface area (Å²) in [5.41, 5.74) is -0.0668. The maximum absolute atomic E-state index is 13.8. The van der Waals surface area contributed by atoms with Gasteiger partial charge in [0, 0.05) is 17.8 Å². The summed E-state index contributed by atoms with van der Waals surface area (Å²) >= 11 is 11.8. The number of carbonyl (C=O) groups excluding carboxylic acids is 1. The summed E-state index contributed by atoms with van der Waals surface area (Å²) in [6, 6.07) is 4.43. The van der Waals surface area contributed by atoms with E-state index >= 15 is 0 Å². The normalized spacial score (nSPS) is 17.8. The molecule has 0 bridgehead atoms. The van der Waals surface area contributed by atoms with Crippen molar-refractivity contribution in [3.8, 4) is 0 Å². The third-order valence-corrected chi connectivity index (χ3v) is 4.88. The predicted molar refractivity (Wildman–Crippen MR) is 80.0 cm³/mol. The van der Waals surface area contributed by atoms with E-state index in [1.165, 1.54) is 18.6 Å². The second-order valence-corrected chi connectivity index (χ2v) is 6.15. The second kappa shape index (κ2) is 6.77. The summed E-state index contributed by atoms with van der Waals surface area (Å²) in [6.45, 7) is 0.487. The molecule has 0 unspecified atom stereocenters. The lowest BCUT2D eigenvalue weighted by atomic mass is 9.75. The SMILES string of the molecule is O=C(NCC1(CCl)CCCCC1)c1cccc(Cl)c1F. The number of hydrogen-bond acceptors (Lipinski definition) is 1. The molecule has 0 saturated heterocycles. The van der Waals surface area contributed by atoms with Gasteiger partial charge >= 0.3 is 0 Å². The molecule has 110 valence electrons. The Hall–Kier alpha value is -0.800. The average molecular weight is 318 g/mol. The van der Waals surface area contributed by atoms with Crippen molar-refractivity contribution in [3.05, 3.63) is 34.6 Å². The quantitative estimate of drug-likeness (QED) is 0.819. The summed E-state index contributed by atoms with van der Waals surface area (Å²) in [4.78, 5) is 12.1. The number of carbonyl (C=O) groups is 1. The first-order chi connectivity index (χ1) is 9.58. The number of amides is 1. The summed E-state index contributed by atoms with van der Waals surface area (Å²) in [6.07, 6.45) is 5.50. The Labute approximate surface area is 128 Å². The van der Waals surface area contributed by atoms with Gasteiger partial charge in [0.2, 0.25) is 0 Å². The molecule has 1 fully saturated rings. The van der Waals surface area contributed by atoms with Crippen LogP contribution in [0.5, 0.6) is 0 Å². The molecular formula is C15H18Cl2FNO. The van der Waals surface area contributed by atoms with Crippen molar-refractivity contribution in [1.82, 2.24) is 5.32 Å². The molecular weight excluding hydrogens is 300 g/mol. The summed E-state index contributed by atoms with van der Waals surface area (Å²) in [7, 11) is 0. The van der Waals surface area contributed by atoms with Crippen LogP contribution in [-0.4, -0.2) is 18.3 Å². The molecule has 1 aliphatic carbocycles. The Kier molecular flexibility index (Phi) is 5.28. The van der Waals surface area contributed by atoms with Crippen LogP contribution in [-0.2, 0) is 0 Å². The smallest absolute Gasteiger partial charge is 0.254 e. The van der Waals surface area contributed by atoms with E-state index in [4.69, 9.17) is 23.2 Å². The van der Waals surface area contributed by atoms with Gasteiger partial charge in [-0.25, -0.2) is 4.39 Å². The van der Waals surface area contributed by atoms with Crippen LogP contribution in [0.3, 0.4) is 0 Å². The maximum atomic E-state index is 13.8. The highest BCUT2D eigenvalue weighted by Crippen LogP contribution is 2.36. The van der Waals surface area contributed by atoms with Crippen molar-refractivity contribution in [3.63, 3.8) is 0 Å². The lowest BCUT2D eigenvalue weighted by Gasteiger charge is -2.35. The maximum Gasteiger partial charge on any atom is 0.254 e. The molecule has 1 aromatic carbocycles. The van der Waals surface area contributed by atoms with Gasteiger partial charge in [0.1, 0.15) is 0 Å². The van der Waals surface area contributed by atoms with Crippen molar-refractivity contribution >= 4 is 29.1 Å². The van der Waals surface area contributed by atoms with Gasteiger partial charge in [-0.05, 0) is 25.0 Å². The van der Waals surface area contributed by atoms with Crippen LogP contribution in [0.25, 0.3) is 0 Å². The summed E-state index contributed by atoms with van der Waals surface area (Å²) in [5.74, 6) is -0.582. The van der Waals surface area contributed by atoms with Gasteiger partial charge in [0.25, 0.3) is 5.91 Å². The zero-order valence-corrected chi connectivity index (χ0v) is 12.7. The topological polar surface area (TPSA) is 29.1 Å². The minimum Gasteiger partial charge on any atom is -0.351 e. The standard InChI is InChI=1S/C15H18Cl2FNO/c16-9-15(7-2-1-3-8-15)10-19-14(20)11-5-4-6-12(17)13(11)18/h4-6H,1-3,7-10H2,(H,19,20). The van der Waals surface area contributed by atoms with Gasteiger partial charge in [-0.3, -0.25) is 4.79 Å². The first-order valence-electron chi connectivity index (χ1n) is 6.86. The molecule has 1 aromatic rings. The first-order valence-corrected chi connectivity index (χ1v) is 7.77. The fraction of sp³-hybridized carbons (Fsp3) is 0.533. The number of benzene rings is 1. The fourth-order valence-corrected chi connectivity index (χ4v) is 3.24. The third kappa shape index (κ3) is 3.44. The first kappa shape index (κ1) is 15.6. The molecule has 0 atom stereocenters. The van der Waals surface area contributed by atoms with Crippen molar-refractivity contribution in [2.75, 3.05) is 12.4 Å². The van der Waals surface area contributed by atoms with E-state index in [0.29, 0.717) is 12.4 Å². The van der Waals surface area contributed by atoms with Crippen molar-refractivity contribution < 1.29 is 9.18 Å². The van der Waals surface area contributed by atoms with Gasteiger partial charge in [-0.1, -0.05) is 36.9 Å². The molecule has 1 aliphatic rings. The molecule has 1 amide bonds. The molecule has 0 radical (unpaired) electrons. The Balaban J connectivity index is 2.02. The van der Waals surface area contributed by atoms with Gasteiger partial charge in [-0.15, -0.1) is 11.6 Å². The Morgan fingerprint density at radius 1 is 1.30 bits per heavy atom. The van der Waals surface area contributed by atoms with Gasteiger partial charge in [0.15, 0.2) is 5.82 Å². The third-order valence-electron chi connectivity index (χ3n) is 4.02. The van der Waals surface area contributed by atoms with E-state index < -0.39 is 11.7 Å². The molecule has 5 heteroatoms. The highest BCUT2D eigenvalue weighted by molar-refractivity contribution is 6.31. The Morgan fingerprint density at radius 3 is 2.65 bits per heavy atom. The molecule has 1 saturated carbocycles. The number of rotatable bonds is 4. The minimum atomic E-state index is -0.671. The summed E-state index contributed by atoms with van der Waals surface area (Å²) in [5, 5.41) is 2.77. The van der Waals surface area contributed by atoms with E-state index in [1.54, 1.807) is 6.07 Å². The minimum absolute atomic E-state index is 0.0157. The molecule has 1 N–H and O–H groups in total. The largest absolute Gasteiger partial charge is 0.351 e. The highest BCUT2D eigenvalue weighted by Gasteiger charge is 2.31. The molecule has 20 heavy (non-hydrogen) atoms. The van der Waals surface area contributed by atoms with Crippen LogP contribution in [0.2, 0.25) is 5.02 Å². The van der Waals surface area contributed by atoms with E-state index in [1.807, 2.05) is 0 Å². The Bertz CT molecular complexity index is 487. The van der Waals surface area contributed by atoms with Crippen LogP contribution < -0.4 is 5.32 Å². The summed E-state index contributed by atoms with van der Waals surface area (Å²) < 4.78 is 13.8. The monoisotopic (exact) mass is 317 g/mol. The van der Waals surface area contributed by atoms with Gasteiger partial charge in [0.05, 0.1) is 10.6 Å². The van der Waals surface area contributed by atoms with Crippen LogP contribution in [0.15, 0.2) is 18.2 Å². The van der Waals surface area contributed by atoms with Crippen LogP contribution in [0, 0.1) is 11.2 Å². The predicted octanol–water partition coefficient (Wildman–Crippen LogP) is 4.40. The number of halogens is 3. The van der Waals surface area contributed by atoms with Crippen LogP contribution in [0.1, 0.15) is 42.5 Å². The van der Waals surface area contributed by atoms with E-state index in [2.05, 4.69) is 5.32 Å². The fourth-order valence-electron chi connectivity index (χ4n) is 2.70. The lowest BCUT2D eigenvalue weighted by molar-refractivity contribution is 0.0917. The van der Waals surface area contributed by atoms with Crippen LogP contribution >= 0.6 is 23.2 Å². The van der Waals surface area contributed by atoms with Crippen molar-refractivity contribution in [2.24, 2.45) is 5.41 Å². The molecule has 0 heterocycles. The molecule has 0 aromatic heterocycles. The van der Waals surface area contributed by atoms with E-state index in [9.17, 15) is 9.18 Å². The van der Waals surface area contributed by atoms with Crippen molar-refractivity contribution in [2.45, 2.75) is 32.1 Å². The lowest BCUT2D eigenvalue weighted by Crippen LogP contribution is -2.40. The molecule has 2 nitrogen and oxygen atoms in total. The molecule has 0 aliphatic heterocycles. The number of nitrogens with one attached hydrogen (secondary N) is 1. The zero-order chi connectivity index (χ0) is 14.6. The number of hydrogen-bond donors (Lipinski definition) is 1.